The smallest absolute Gasteiger partial charge is 0.231 e. The van der Waals surface area contributed by atoms with Crippen LogP contribution in [0.15, 0.2) is 54.7 Å². The number of aldehydes is 1. The number of rotatable bonds is 7. The fourth-order valence-corrected chi connectivity index (χ4v) is 4.68. The summed E-state index contributed by atoms with van der Waals surface area (Å²) in [6, 6.07) is 16.3. The summed E-state index contributed by atoms with van der Waals surface area (Å²) >= 11 is 0. The molecule has 4 rings (SSSR count). The van der Waals surface area contributed by atoms with E-state index in [2.05, 4.69) is 39.0 Å². The zero-order valence-corrected chi connectivity index (χ0v) is 18.1. The third kappa shape index (κ3) is 5.50. The summed E-state index contributed by atoms with van der Waals surface area (Å²) in [6.07, 6.45) is 6.02. The van der Waals surface area contributed by atoms with E-state index in [1.807, 2.05) is 29.2 Å². The zero-order chi connectivity index (χ0) is 21.5. The molecule has 164 valence electrons. The molecule has 1 aromatic heterocycles. The zero-order valence-electron chi connectivity index (χ0n) is 18.1. The third-order valence-corrected chi connectivity index (χ3v) is 6.64. The van der Waals surface area contributed by atoms with Crippen molar-refractivity contribution in [2.24, 2.45) is 11.8 Å². The maximum atomic E-state index is 13.4. The van der Waals surface area contributed by atoms with Crippen molar-refractivity contribution in [2.75, 3.05) is 49.1 Å². The Hall–Kier alpha value is -2.73. The minimum absolute atomic E-state index is 0.00636. The van der Waals surface area contributed by atoms with E-state index in [4.69, 9.17) is 0 Å². The van der Waals surface area contributed by atoms with Crippen LogP contribution in [0.3, 0.4) is 0 Å². The number of carbonyl (C=O) groups excluding carboxylic acids is 2. The van der Waals surface area contributed by atoms with Crippen molar-refractivity contribution in [2.45, 2.75) is 25.7 Å². The number of anilines is 2. The molecule has 0 radical (unpaired) electrons. The van der Waals surface area contributed by atoms with Crippen molar-refractivity contribution < 1.29 is 9.59 Å². The van der Waals surface area contributed by atoms with E-state index < -0.39 is 0 Å². The van der Waals surface area contributed by atoms with Crippen LogP contribution in [-0.4, -0.2) is 61.3 Å². The van der Waals surface area contributed by atoms with Gasteiger partial charge in [0.15, 0.2) is 0 Å². The van der Waals surface area contributed by atoms with Gasteiger partial charge < -0.3 is 9.69 Å². The van der Waals surface area contributed by atoms with Crippen LogP contribution in [-0.2, 0) is 9.59 Å². The lowest BCUT2D eigenvalue weighted by Gasteiger charge is -2.37. The molecule has 1 saturated heterocycles. The minimum atomic E-state index is -0.00636. The lowest BCUT2D eigenvalue weighted by molar-refractivity contribution is -0.124. The summed E-state index contributed by atoms with van der Waals surface area (Å²) in [7, 11) is 0. The van der Waals surface area contributed by atoms with Gasteiger partial charge in [-0.3, -0.25) is 14.6 Å². The van der Waals surface area contributed by atoms with Crippen molar-refractivity contribution in [3.05, 3.63) is 54.7 Å². The van der Waals surface area contributed by atoms with Gasteiger partial charge in [-0.15, -0.1) is 0 Å². The molecular formula is C25H32N4O2. The predicted octanol–water partition coefficient (Wildman–Crippen LogP) is 3.24. The SMILES string of the molecule is O=CC1CCC(C(=O)N(CCN2CCN(c3ccccc3)CC2)c2ccccn2)CC1. The normalized spacial score (nSPS) is 22.1. The first-order valence-electron chi connectivity index (χ1n) is 11.4. The summed E-state index contributed by atoms with van der Waals surface area (Å²) in [5.41, 5.74) is 1.28. The van der Waals surface area contributed by atoms with Gasteiger partial charge in [0.25, 0.3) is 0 Å². The lowest BCUT2D eigenvalue weighted by atomic mass is 9.82. The third-order valence-electron chi connectivity index (χ3n) is 6.64. The van der Waals surface area contributed by atoms with Gasteiger partial charge in [-0.05, 0) is 49.9 Å². The molecule has 1 saturated carbocycles. The molecule has 2 aromatic rings. The molecule has 0 bridgehead atoms. The molecule has 6 nitrogen and oxygen atoms in total. The topological polar surface area (TPSA) is 56.8 Å². The highest BCUT2D eigenvalue weighted by atomic mass is 16.2. The van der Waals surface area contributed by atoms with E-state index in [1.165, 1.54) is 5.69 Å². The average molecular weight is 421 g/mol. The molecule has 6 heteroatoms. The Kier molecular flexibility index (Phi) is 7.30. The second kappa shape index (κ2) is 10.5. The molecule has 2 fully saturated rings. The Morgan fingerprint density at radius 2 is 1.68 bits per heavy atom. The molecule has 0 unspecified atom stereocenters. The molecule has 0 spiro atoms. The summed E-state index contributed by atoms with van der Waals surface area (Å²) < 4.78 is 0. The van der Waals surface area contributed by atoms with E-state index in [0.29, 0.717) is 6.54 Å². The number of hydrogen-bond acceptors (Lipinski definition) is 5. The van der Waals surface area contributed by atoms with E-state index in [1.54, 1.807) is 6.20 Å². The molecular weight excluding hydrogens is 388 g/mol. The standard InChI is InChI=1S/C25H32N4O2/c30-20-21-9-11-22(12-10-21)25(31)29(24-8-4-5-13-26-24)19-16-27-14-17-28(18-15-27)23-6-2-1-3-7-23/h1-8,13,20-22H,9-12,14-19H2. The first kappa shape index (κ1) is 21.5. The highest BCUT2D eigenvalue weighted by molar-refractivity contribution is 5.94. The van der Waals surface area contributed by atoms with Gasteiger partial charge in [-0.1, -0.05) is 24.3 Å². The number of aromatic nitrogens is 1. The Morgan fingerprint density at radius 3 is 2.32 bits per heavy atom. The molecule has 0 atom stereocenters. The Bertz CT molecular complexity index is 829. The Balaban J connectivity index is 1.35. The number of benzene rings is 1. The second-order valence-electron chi connectivity index (χ2n) is 8.59. The van der Waals surface area contributed by atoms with E-state index in [0.717, 1.165) is 70.5 Å². The van der Waals surface area contributed by atoms with Gasteiger partial charge in [-0.25, -0.2) is 4.98 Å². The van der Waals surface area contributed by atoms with Crippen LogP contribution in [0.2, 0.25) is 0 Å². The van der Waals surface area contributed by atoms with E-state index >= 15 is 0 Å². The van der Waals surface area contributed by atoms with Crippen molar-refractivity contribution in [3.63, 3.8) is 0 Å². The number of pyridine rings is 1. The number of nitrogens with zero attached hydrogens (tertiary/aromatic N) is 4. The Labute approximate surface area is 184 Å². The molecule has 2 aliphatic rings. The minimum Gasteiger partial charge on any atom is -0.369 e. The van der Waals surface area contributed by atoms with Crippen molar-refractivity contribution >= 4 is 23.7 Å². The monoisotopic (exact) mass is 420 g/mol. The van der Waals surface area contributed by atoms with E-state index in [9.17, 15) is 9.59 Å². The largest absolute Gasteiger partial charge is 0.369 e. The Morgan fingerprint density at radius 1 is 0.968 bits per heavy atom. The summed E-state index contributed by atoms with van der Waals surface area (Å²) in [4.78, 5) is 35.6. The van der Waals surface area contributed by atoms with Gasteiger partial charge in [0.2, 0.25) is 5.91 Å². The molecule has 31 heavy (non-hydrogen) atoms. The molecule has 0 N–H and O–H groups in total. The van der Waals surface area contributed by atoms with Crippen molar-refractivity contribution in [1.82, 2.24) is 9.88 Å². The van der Waals surface area contributed by atoms with Crippen LogP contribution in [0.25, 0.3) is 0 Å². The summed E-state index contributed by atoms with van der Waals surface area (Å²) in [5, 5.41) is 0. The highest BCUT2D eigenvalue weighted by Gasteiger charge is 2.31. The van der Waals surface area contributed by atoms with Crippen LogP contribution in [0.4, 0.5) is 11.5 Å². The van der Waals surface area contributed by atoms with Crippen molar-refractivity contribution in [3.8, 4) is 0 Å². The van der Waals surface area contributed by atoms with Crippen LogP contribution >= 0.6 is 0 Å². The number of hydrogen-bond donors (Lipinski definition) is 0. The lowest BCUT2D eigenvalue weighted by Crippen LogP contribution is -2.50. The molecule has 1 aliphatic heterocycles. The highest BCUT2D eigenvalue weighted by Crippen LogP contribution is 2.30. The van der Waals surface area contributed by atoms with Gasteiger partial charge in [0, 0.05) is 63.0 Å². The second-order valence-corrected chi connectivity index (χ2v) is 8.59. The van der Waals surface area contributed by atoms with Crippen LogP contribution < -0.4 is 9.80 Å². The van der Waals surface area contributed by atoms with E-state index in [-0.39, 0.29) is 17.7 Å². The maximum absolute atomic E-state index is 13.4. The summed E-state index contributed by atoms with van der Waals surface area (Å²) in [6.45, 7) is 5.46. The fraction of sp³-hybridized carbons (Fsp3) is 0.480. The number of carbonyl (C=O) groups is 2. The quantitative estimate of drug-likeness (QED) is 0.644. The first-order chi connectivity index (χ1) is 15.2. The van der Waals surface area contributed by atoms with Gasteiger partial charge in [0.1, 0.15) is 12.1 Å². The number of piperazine rings is 1. The molecule has 1 amide bonds. The molecule has 1 aliphatic carbocycles. The molecule has 1 aromatic carbocycles. The van der Waals surface area contributed by atoms with Crippen molar-refractivity contribution in [1.29, 1.82) is 0 Å². The maximum Gasteiger partial charge on any atom is 0.231 e. The van der Waals surface area contributed by atoms with Crippen LogP contribution in [0.1, 0.15) is 25.7 Å². The number of amides is 1. The summed E-state index contributed by atoms with van der Waals surface area (Å²) in [5.74, 6) is 1.00. The average Bonchev–Trinajstić information content (AvgIpc) is 2.85. The fourth-order valence-electron chi connectivity index (χ4n) is 4.68. The van der Waals surface area contributed by atoms with Gasteiger partial charge in [-0.2, -0.15) is 0 Å². The number of para-hydroxylation sites is 1. The predicted molar refractivity (Wildman–Crippen MR) is 123 cm³/mol. The molecule has 2 heterocycles. The first-order valence-corrected chi connectivity index (χ1v) is 11.4. The van der Waals surface area contributed by atoms with Gasteiger partial charge in [0.05, 0.1) is 0 Å². The van der Waals surface area contributed by atoms with Crippen LogP contribution in [0.5, 0.6) is 0 Å². The van der Waals surface area contributed by atoms with Gasteiger partial charge >= 0.3 is 0 Å². The van der Waals surface area contributed by atoms with Crippen LogP contribution in [0, 0.1) is 11.8 Å².